The van der Waals surface area contributed by atoms with E-state index in [4.69, 9.17) is 27.9 Å². The number of halogens is 2. The van der Waals surface area contributed by atoms with Crippen LogP contribution in [0.1, 0.15) is 36.1 Å². The Morgan fingerprint density at radius 3 is 2.65 bits per heavy atom. The number of anilines is 1. The number of rotatable bonds is 9. The number of hydrogen-bond acceptors (Lipinski definition) is 9. The minimum absolute atomic E-state index is 0.0545. The Bertz CT molecular complexity index is 1600. The van der Waals surface area contributed by atoms with E-state index < -0.39 is 17.7 Å². The van der Waals surface area contributed by atoms with Gasteiger partial charge >= 0.3 is 5.91 Å². The van der Waals surface area contributed by atoms with Gasteiger partial charge in [-0.05, 0) is 53.9 Å². The van der Waals surface area contributed by atoms with E-state index in [9.17, 15) is 14.7 Å². The van der Waals surface area contributed by atoms with Gasteiger partial charge < -0.3 is 9.84 Å². The van der Waals surface area contributed by atoms with Gasteiger partial charge in [0.2, 0.25) is 5.13 Å². The molecule has 0 bridgehead atoms. The summed E-state index contributed by atoms with van der Waals surface area (Å²) >= 11 is 14.9. The first-order valence-corrected chi connectivity index (χ1v) is 14.8. The van der Waals surface area contributed by atoms with Gasteiger partial charge in [0.25, 0.3) is 5.78 Å². The maximum Gasteiger partial charge on any atom is 0.301 e. The Labute approximate surface area is 248 Å². The van der Waals surface area contributed by atoms with E-state index >= 15 is 0 Å². The molecule has 1 aliphatic rings. The van der Waals surface area contributed by atoms with E-state index in [1.165, 1.54) is 40.4 Å². The third-order valence-electron chi connectivity index (χ3n) is 6.01. The number of thioether (sulfide) groups is 1. The van der Waals surface area contributed by atoms with Crippen molar-refractivity contribution in [3.8, 4) is 5.75 Å². The molecule has 2 aromatic carbocycles. The summed E-state index contributed by atoms with van der Waals surface area (Å²) in [4.78, 5) is 32.1. The lowest BCUT2D eigenvalue weighted by molar-refractivity contribution is -0.132. The fourth-order valence-electron chi connectivity index (χ4n) is 4.14. The molecule has 1 atom stereocenters. The first-order chi connectivity index (χ1) is 19.4. The van der Waals surface area contributed by atoms with E-state index in [-0.39, 0.29) is 16.5 Å². The van der Waals surface area contributed by atoms with Gasteiger partial charge in [-0.15, -0.1) is 10.2 Å². The van der Waals surface area contributed by atoms with Gasteiger partial charge in [0, 0.05) is 33.8 Å². The van der Waals surface area contributed by atoms with Crippen LogP contribution in [0, 0.1) is 0 Å². The minimum atomic E-state index is -0.949. The van der Waals surface area contributed by atoms with Crippen molar-refractivity contribution >= 4 is 68.9 Å². The average molecular weight is 614 g/mol. The quantitative estimate of drug-likeness (QED) is 0.0711. The van der Waals surface area contributed by atoms with Crippen LogP contribution in [0.2, 0.25) is 10.0 Å². The van der Waals surface area contributed by atoms with Crippen LogP contribution in [0.25, 0.3) is 5.76 Å². The maximum atomic E-state index is 13.4. The molecule has 1 amide bonds. The molecule has 1 unspecified atom stereocenters. The highest BCUT2D eigenvalue weighted by molar-refractivity contribution is 8.00. The molecule has 3 heterocycles. The molecule has 0 aliphatic carbocycles. The molecule has 4 aromatic rings. The fourth-order valence-corrected chi connectivity index (χ4v) is 6.57. The Kier molecular flexibility index (Phi) is 8.70. The summed E-state index contributed by atoms with van der Waals surface area (Å²) in [5.74, 6) is -0.844. The minimum Gasteiger partial charge on any atom is -0.507 e. The number of Topliss-reactive ketones (excluding diaryl/α,β-unsaturated/α-hetero) is 1. The Balaban J connectivity index is 1.53. The highest BCUT2D eigenvalue weighted by Gasteiger charge is 2.48. The molecule has 5 rings (SSSR count). The first-order valence-electron chi connectivity index (χ1n) is 12.2. The molecule has 1 aliphatic heterocycles. The summed E-state index contributed by atoms with van der Waals surface area (Å²) < 4.78 is 6.38. The summed E-state index contributed by atoms with van der Waals surface area (Å²) in [5.41, 5.74) is 1.76. The lowest BCUT2D eigenvalue weighted by atomic mass is 9.95. The van der Waals surface area contributed by atoms with Gasteiger partial charge in [0.05, 0.1) is 18.2 Å². The monoisotopic (exact) mass is 612 g/mol. The number of aliphatic hydroxyl groups excluding tert-OH is 1. The van der Waals surface area contributed by atoms with Crippen molar-refractivity contribution in [2.75, 3.05) is 11.5 Å². The molecule has 204 valence electrons. The van der Waals surface area contributed by atoms with Gasteiger partial charge in [-0.1, -0.05) is 71.4 Å². The number of aliphatic hydroxyl groups is 1. The molecule has 8 nitrogen and oxygen atoms in total. The maximum absolute atomic E-state index is 13.4. The lowest BCUT2D eigenvalue weighted by Gasteiger charge is -2.23. The molecule has 2 aromatic heterocycles. The Morgan fingerprint density at radius 1 is 1.10 bits per heavy atom. The summed E-state index contributed by atoms with van der Waals surface area (Å²) in [6.07, 6.45) is 3.82. The SMILES string of the molecule is CCCOc1cccc(C2/C(=C(\O)c3ccncc3)C(=O)C(=O)N2c2nnc(SCc3ccc(Cl)cc3Cl)s2)c1. The molecule has 0 spiro atoms. The normalized spacial score (nSPS) is 16.5. The largest absolute Gasteiger partial charge is 0.507 e. The van der Waals surface area contributed by atoms with Crippen molar-refractivity contribution in [2.24, 2.45) is 0 Å². The van der Waals surface area contributed by atoms with Crippen LogP contribution in [-0.2, 0) is 15.3 Å². The van der Waals surface area contributed by atoms with Crippen LogP contribution in [0.3, 0.4) is 0 Å². The molecule has 0 radical (unpaired) electrons. The summed E-state index contributed by atoms with van der Waals surface area (Å²) in [6, 6.07) is 14.6. The zero-order valence-corrected chi connectivity index (χ0v) is 24.2. The van der Waals surface area contributed by atoms with Crippen molar-refractivity contribution in [3.63, 3.8) is 0 Å². The number of aromatic nitrogens is 3. The Morgan fingerprint density at radius 2 is 1.90 bits per heavy atom. The molecule has 0 saturated carbocycles. The van der Waals surface area contributed by atoms with Gasteiger partial charge in [-0.2, -0.15) is 0 Å². The second-order valence-corrected chi connectivity index (χ2v) is 11.7. The van der Waals surface area contributed by atoms with Crippen LogP contribution >= 0.6 is 46.3 Å². The van der Waals surface area contributed by atoms with Crippen molar-refractivity contribution in [1.29, 1.82) is 0 Å². The fraction of sp³-hybridized carbons (Fsp3) is 0.179. The topological polar surface area (TPSA) is 106 Å². The summed E-state index contributed by atoms with van der Waals surface area (Å²) in [6.45, 7) is 2.51. The van der Waals surface area contributed by atoms with Crippen LogP contribution in [0.4, 0.5) is 5.13 Å². The van der Waals surface area contributed by atoms with Crippen LogP contribution < -0.4 is 9.64 Å². The summed E-state index contributed by atoms with van der Waals surface area (Å²) in [7, 11) is 0. The van der Waals surface area contributed by atoms with Gasteiger partial charge in [-0.25, -0.2) is 0 Å². The lowest BCUT2D eigenvalue weighted by Crippen LogP contribution is -2.29. The third-order valence-corrected chi connectivity index (χ3v) is 8.70. The first kappa shape index (κ1) is 28.1. The second kappa shape index (κ2) is 12.4. The van der Waals surface area contributed by atoms with Crippen LogP contribution in [-0.4, -0.2) is 38.6 Å². The van der Waals surface area contributed by atoms with Crippen molar-refractivity contribution in [1.82, 2.24) is 15.2 Å². The average Bonchev–Trinajstić information content (AvgIpc) is 3.53. The predicted octanol–water partition coefficient (Wildman–Crippen LogP) is 6.95. The molecule has 1 fully saturated rings. The predicted molar refractivity (Wildman–Crippen MR) is 157 cm³/mol. The highest BCUT2D eigenvalue weighted by atomic mass is 35.5. The van der Waals surface area contributed by atoms with E-state index in [2.05, 4.69) is 15.2 Å². The zero-order valence-electron chi connectivity index (χ0n) is 21.1. The summed E-state index contributed by atoms with van der Waals surface area (Å²) in [5, 5.41) is 21.0. The van der Waals surface area contributed by atoms with E-state index in [1.807, 2.05) is 13.0 Å². The number of pyridine rings is 1. The third kappa shape index (κ3) is 5.85. The van der Waals surface area contributed by atoms with Crippen molar-refractivity contribution in [3.05, 3.63) is 99.3 Å². The van der Waals surface area contributed by atoms with Gasteiger partial charge in [0.1, 0.15) is 11.5 Å². The van der Waals surface area contributed by atoms with Gasteiger partial charge in [-0.3, -0.25) is 19.5 Å². The smallest absolute Gasteiger partial charge is 0.301 e. The highest BCUT2D eigenvalue weighted by Crippen LogP contribution is 2.44. The van der Waals surface area contributed by atoms with Crippen molar-refractivity contribution < 1.29 is 19.4 Å². The van der Waals surface area contributed by atoms with Gasteiger partial charge in [0.15, 0.2) is 4.34 Å². The number of nitrogens with zero attached hydrogens (tertiary/aromatic N) is 4. The molecular weight excluding hydrogens is 591 g/mol. The molecule has 40 heavy (non-hydrogen) atoms. The zero-order chi connectivity index (χ0) is 28.2. The number of amides is 1. The number of ketones is 1. The molecular formula is C28H22Cl2N4O4S2. The van der Waals surface area contributed by atoms with Crippen LogP contribution in [0.5, 0.6) is 5.75 Å². The molecule has 1 saturated heterocycles. The van der Waals surface area contributed by atoms with Crippen LogP contribution in [0.15, 0.2) is 76.9 Å². The Hall–Kier alpha value is -3.44. The number of benzene rings is 2. The number of hydrogen-bond donors (Lipinski definition) is 1. The van der Waals surface area contributed by atoms with E-state index in [0.29, 0.717) is 43.6 Å². The molecule has 1 N–H and O–H groups in total. The van der Waals surface area contributed by atoms with E-state index in [0.717, 1.165) is 12.0 Å². The van der Waals surface area contributed by atoms with E-state index in [1.54, 1.807) is 48.5 Å². The number of carbonyl (C=O) groups excluding carboxylic acids is 2. The number of ether oxygens (including phenoxy) is 1. The van der Waals surface area contributed by atoms with Crippen molar-refractivity contribution in [2.45, 2.75) is 29.5 Å². The second-order valence-electron chi connectivity index (χ2n) is 8.70. The molecule has 12 heteroatoms. The number of carbonyl (C=O) groups is 2. The standard InChI is InChI=1S/C28H22Cl2N4O4S2/c1-2-12-38-20-5-3-4-17(13-20)23-22(24(35)16-8-10-31-11-9-16)25(36)26(37)34(23)27-32-33-28(40-27)39-15-18-6-7-19(29)14-21(18)30/h3-11,13-14,23,35H,2,12,15H2,1H3/b24-22+.